The monoisotopic (exact) mass is 288 g/mol. The second kappa shape index (κ2) is 6.72. The van der Waals surface area contributed by atoms with Gasteiger partial charge in [-0.15, -0.1) is 0 Å². The van der Waals surface area contributed by atoms with Crippen LogP contribution in [-0.2, 0) is 13.0 Å². The van der Waals surface area contributed by atoms with Crippen molar-refractivity contribution in [1.82, 2.24) is 15.3 Å². The quantitative estimate of drug-likeness (QED) is 0.885. The van der Waals surface area contributed by atoms with E-state index in [2.05, 4.69) is 36.1 Å². The molecule has 2 rings (SSSR count). The predicted octanol–water partition coefficient (Wildman–Crippen LogP) is 2.64. The minimum absolute atomic E-state index is 0.0734. The average molecular weight is 288 g/mol. The van der Waals surface area contributed by atoms with Crippen LogP contribution in [0.5, 0.6) is 0 Å². The van der Waals surface area contributed by atoms with Crippen LogP contribution in [-0.4, -0.2) is 29.1 Å². The van der Waals surface area contributed by atoms with E-state index in [4.69, 9.17) is 4.42 Å². The van der Waals surface area contributed by atoms with E-state index in [0.29, 0.717) is 12.6 Å². The smallest absolute Gasteiger partial charge is 0.297 e. The van der Waals surface area contributed by atoms with Gasteiger partial charge in [-0.2, -0.15) is 4.98 Å². The Kier molecular flexibility index (Phi) is 4.96. The van der Waals surface area contributed by atoms with Crippen molar-refractivity contribution in [3.05, 3.63) is 42.0 Å². The number of hydrogen-bond acceptors (Lipinski definition) is 5. The number of nitrogens with zero attached hydrogens (tertiary/aromatic N) is 3. The fourth-order valence-corrected chi connectivity index (χ4v) is 1.83. The van der Waals surface area contributed by atoms with E-state index in [9.17, 15) is 0 Å². The summed E-state index contributed by atoms with van der Waals surface area (Å²) in [5.41, 5.74) is 2.07. The molecule has 5 heteroatoms. The number of aromatic nitrogens is 2. The molecule has 0 fully saturated rings. The van der Waals surface area contributed by atoms with Gasteiger partial charge in [0.1, 0.15) is 6.26 Å². The van der Waals surface area contributed by atoms with Gasteiger partial charge in [-0.1, -0.05) is 6.07 Å². The summed E-state index contributed by atoms with van der Waals surface area (Å²) in [6, 6.07) is 6.61. The molecule has 0 unspecified atom stereocenters. The lowest BCUT2D eigenvalue weighted by Gasteiger charge is -2.19. The molecule has 0 aromatic carbocycles. The standard InChI is InChI=1S/C16H24N4O/c1-16(2,3)18-11-14-12-21-15(19-14)20(4)10-8-13-7-5-6-9-17-13/h5-7,9,12,18H,8,10-11H2,1-4H3. The minimum atomic E-state index is 0.0734. The number of likely N-dealkylation sites (N-methyl/N-ethyl adjacent to an activating group) is 1. The Morgan fingerprint density at radius 1 is 1.24 bits per heavy atom. The van der Waals surface area contributed by atoms with Gasteiger partial charge < -0.3 is 14.6 Å². The Balaban J connectivity index is 1.85. The first-order chi connectivity index (χ1) is 9.94. The second-order valence-corrected chi connectivity index (χ2v) is 6.22. The lowest BCUT2D eigenvalue weighted by Crippen LogP contribution is -2.35. The first-order valence-electron chi connectivity index (χ1n) is 7.24. The number of hydrogen-bond donors (Lipinski definition) is 1. The van der Waals surface area contributed by atoms with E-state index < -0.39 is 0 Å². The molecule has 0 aliphatic rings. The number of pyridine rings is 1. The van der Waals surface area contributed by atoms with Gasteiger partial charge in [-0.3, -0.25) is 4.98 Å². The van der Waals surface area contributed by atoms with Gasteiger partial charge in [-0.05, 0) is 32.9 Å². The van der Waals surface area contributed by atoms with Gasteiger partial charge in [0.2, 0.25) is 0 Å². The largest absolute Gasteiger partial charge is 0.432 e. The van der Waals surface area contributed by atoms with Crippen molar-refractivity contribution in [3.63, 3.8) is 0 Å². The minimum Gasteiger partial charge on any atom is -0.432 e. The number of anilines is 1. The molecule has 114 valence electrons. The molecule has 0 spiro atoms. The van der Waals surface area contributed by atoms with E-state index in [1.807, 2.05) is 36.3 Å². The average Bonchev–Trinajstić information content (AvgIpc) is 2.92. The van der Waals surface area contributed by atoms with Crippen molar-refractivity contribution in [3.8, 4) is 0 Å². The van der Waals surface area contributed by atoms with Crippen LogP contribution in [0.25, 0.3) is 0 Å². The van der Waals surface area contributed by atoms with Gasteiger partial charge in [0.25, 0.3) is 6.01 Å². The van der Waals surface area contributed by atoms with E-state index in [0.717, 1.165) is 24.4 Å². The molecule has 0 radical (unpaired) electrons. The zero-order valence-electron chi connectivity index (χ0n) is 13.3. The molecule has 0 aliphatic heterocycles. The third-order valence-corrected chi connectivity index (χ3v) is 3.10. The van der Waals surface area contributed by atoms with Crippen LogP contribution in [0.2, 0.25) is 0 Å². The summed E-state index contributed by atoms with van der Waals surface area (Å²) in [6.07, 6.45) is 4.40. The number of nitrogens with one attached hydrogen (secondary N) is 1. The van der Waals surface area contributed by atoms with Crippen molar-refractivity contribution in [2.75, 3.05) is 18.5 Å². The molecule has 0 saturated carbocycles. The molecule has 2 aromatic heterocycles. The third kappa shape index (κ3) is 5.19. The van der Waals surface area contributed by atoms with Crippen LogP contribution in [0.1, 0.15) is 32.2 Å². The molecule has 1 N–H and O–H groups in total. The highest BCUT2D eigenvalue weighted by Crippen LogP contribution is 2.13. The molecule has 0 saturated heterocycles. The molecular formula is C16H24N4O. The van der Waals surface area contributed by atoms with Crippen LogP contribution >= 0.6 is 0 Å². The van der Waals surface area contributed by atoms with Crippen LogP contribution in [0.4, 0.5) is 6.01 Å². The molecule has 2 heterocycles. The highest BCUT2D eigenvalue weighted by molar-refractivity contribution is 5.25. The highest BCUT2D eigenvalue weighted by atomic mass is 16.4. The maximum Gasteiger partial charge on any atom is 0.297 e. The topological polar surface area (TPSA) is 54.2 Å². The number of rotatable bonds is 6. The van der Waals surface area contributed by atoms with Crippen molar-refractivity contribution < 1.29 is 4.42 Å². The fraction of sp³-hybridized carbons (Fsp3) is 0.500. The van der Waals surface area contributed by atoms with E-state index in [-0.39, 0.29) is 5.54 Å². The van der Waals surface area contributed by atoms with Crippen LogP contribution < -0.4 is 10.2 Å². The van der Waals surface area contributed by atoms with Crippen LogP contribution in [0, 0.1) is 0 Å². The van der Waals surface area contributed by atoms with Gasteiger partial charge in [0.05, 0.1) is 5.69 Å². The Morgan fingerprint density at radius 3 is 2.71 bits per heavy atom. The van der Waals surface area contributed by atoms with Gasteiger partial charge >= 0.3 is 0 Å². The molecule has 2 aromatic rings. The van der Waals surface area contributed by atoms with E-state index in [1.165, 1.54) is 0 Å². The summed E-state index contributed by atoms with van der Waals surface area (Å²) >= 11 is 0. The molecular weight excluding hydrogens is 264 g/mol. The van der Waals surface area contributed by atoms with Crippen molar-refractivity contribution in [2.45, 2.75) is 39.3 Å². The zero-order valence-corrected chi connectivity index (χ0v) is 13.3. The van der Waals surface area contributed by atoms with E-state index >= 15 is 0 Å². The predicted molar refractivity (Wildman–Crippen MR) is 84.3 cm³/mol. The maximum absolute atomic E-state index is 5.53. The first kappa shape index (κ1) is 15.5. The highest BCUT2D eigenvalue weighted by Gasteiger charge is 2.12. The summed E-state index contributed by atoms with van der Waals surface area (Å²) in [6.45, 7) is 7.93. The summed E-state index contributed by atoms with van der Waals surface area (Å²) in [5.74, 6) is 0. The summed E-state index contributed by atoms with van der Waals surface area (Å²) < 4.78 is 5.53. The lowest BCUT2D eigenvalue weighted by molar-refractivity contribution is 0.421. The fourth-order valence-electron chi connectivity index (χ4n) is 1.83. The first-order valence-corrected chi connectivity index (χ1v) is 7.24. The molecule has 0 bridgehead atoms. The Morgan fingerprint density at radius 2 is 2.05 bits per heavy atom. The van der Waals surface area contributed by atoms with Crippen LogP contribution in [0.15, 0.2) is 35.1 Å². The van der Waals surface area contributed by atoms with Crippen LogP contribution in [0.3, 0.4) is 0 Å². The Bertz CT molecular complexity index is 545. The second-order valence-electron chi connectivity index (χ2n) is 6.22. The van der Waals surface area contributed by atoms with Crippen molar-refractivity contribution >= 4 is 6.01 Å². The summed E-state index contributed by atoms with van der Waals surface area (Å²) in [7, 11) is 1.98. The summed E-state index contributed by atoms with van der Waals surface area (Å²) in [5, 5.41) is 3.40. The van der Waals surface area contributed by atoms with Gasteiger partial charge in [0.15, 0.2) is 0 Å². The Labute approximate surface area is 126 Å². The molecule has 5 nitrogen and oxygen atoms in total. The normalized spacial score (nSPS) is 11.6. The zero-order chi connectivity index (χ0) is 15.3. The number of oxazole rings is 1. The van der Waals surface area contributed by atoms with Gasteiger partial charge in [-0.25, -0.2) is 0 Å². The molecule has 0 aliphatic carbocycles. The van der Waals surface area contributed by atoms with Crippen molar-refractivity contribution in [2.24, 2.45) is 0 Å². The van der Waals surface area contributed by atoms with Crippen molar-refractivity contribution in [1.29, 1.82) is 0 Å². The SMILES string of the molecule is CN(CCc1ccccn1)c1nc(CNC(C)(C)C)co1. The van der Waals surface area contributed by atoms with Gasteiger partial charge in [0, 0.05) is 44.0 Å². The summed E-state index contributed by atoms with van der Waals surface area (Å²) in [4.78, 5) is 10.8. The Hall–Kier alpha value is -1.88. The molecule has 21 heavy (non-hydrogen) atoms. The molecule has 0 atom stereocenters. The molecule has 0 amide bonds. The maximum atomic E-state index is 5.53. The third-order valence-electron chi connectivity index (χ3n) is 3.10. The lowest BCUT2D eigenvalue weighted by atomic mass is 10.1. The van der Waals surface area contributed by atoms with E-state index in [1.54, 1.807) is 6.26 Å².